The minimum atomic E-state index is -1.36. The van der Waals surface area contributed by atoms with Gasteiger partial charge in [0.2, 0.25) is 17.7 Å². The molecule has 3 atom stereocenters. The highest BCUT2D eigenvalue weighted by Crippen LogP contribution is 2.23. The Hall–Kier alpha value is -4.38. The van der Waals surface area contributed by atoms with Crippen molar-refractivity contribution < 1.29 is 32.3 Å². The lowest BCUT2D eigenvalue weighted by atomic mass is 10.00. The fourth-order valence-electron chi connectivity index (χ4n) is 4.82. The SMILES string of the molecule is NC(=O)C1CCCN1C(=O)C[C@@H](Cc1cc(F)c(F)cc1F)NC(=O)C(N)Cc1ccc(Oc2ccccc2)cc1. The van der Waals surface area contributed by atoms with Gasteiger partial charge in [-0.3, -0.25) is 14.4 Å². The van der Waals surface area contributed by atoms with Gasteiger partial charge in [-0.1, -0.05) is 30.3 Å². The minimum Gasteiger partial charge on any atom is -0.457 e. The summed E-state index contributed by atoms with van der Waals surface area (Å²) in [6.07, 6.45) is 0.498. The number of nitrogens with two attached hydrogens (primary N) is 2. The highest BCUT2D eigenvalue weighted by molar-refractivity contribution is 5.88. The molecule has 8 nitrogen and oxygen atoms in total. The highest BCUT2D eigenvalue weighted by Gasteiger charge is 2.34. The number of nitrogens with one attached hydrogen (secondary N) is 1. The predicted octanol–water partition coefficient (Wildman–Crippen LogP) is 3.36. The Morgan fingerprint density at radius 3 is 2.27 bits per heavy atom. The van der Waals surface area contributed by atoms with Gasteiger partial charge in [0.25, 0.3) is 0 Å². The van der Waals surface area contributed by atoms with Crippen LogP contribution in [0.5, 0.6) is 11.5 Å². The van der Waals surface area contributed by atoms with E-state index in [9.17, 15) is 27.6 Å². The number of rotatable bonds is 11. The number of carbonyl (C=O) groups is 3. The molecular weight excluding hydrogens is 537 g/mol. The fraction of sp³-hybridized carbons (Fsp3) is 0.300. The van der Waals surface area contributed by atoms with Gasteiger partial charge < -0.3 is 26.4 Å². The van der Waals surface area contributed by atoms with Crippen LogP contribution in [0, 0.1) is 17.5 Å². The third-order valence-corrected chi connectivity index (χ3v) is 6.92. The number of para-hydroxylation sites is 1. The number of carbonyl (C=O) groups excluding carboxylic acids is 3. The molecule has 0 saturated carbocycles. The van der Waals surface area contributed by atoms with Crippen molar-refractivity contribution in [2.45, 2.75) is 50.2 Å². The topological polar surface area (TPSA) is 128 Å². The first-order chi connectivity index (χ1) is 19.6. The Balaban J connectivity index is 1.44. The van der Waals surface area contributed by atoms with Crippen molar-refractivity contribution >= 4 is 17.7 Å². The maximum absolute atomic E-state index is 14.4. The Bertz CT molecular complexity index is 1390. The summed E-state index contributed by atoms with van der Waals surface area (Å²) in [5, 5.41) is 2.65. The van der Waals surface area contributed by atoms with E-state index in [2.05, 4.69) is 5.32 Å². The maximum Gasteiger partial charge on any atom is 0.240 e. The van der Waals surface area contributed by atoms with E-state index in [0.29, 0.717) is 43.0 Å². The summed E-state index contributed by atoms with van der Waals surface area (Å²) >= 11 is 0. The highest BCUT2D eigenvalue weighted by atomic mass is 19.2. The molecule has 0 bridgehead atoms. The molecule has 0 aliphatic carbocycles. The van der Waals surface area contributed by atoms with E-state index in [1.54, 1.807) is 24.3 Å². The Morgan fingerprint density at radius 1 is 0.927 bits per heavy atom. The molecule has 0 aromatic heterocycles. The summed E-state index contributed by atoms with van der Waals surface area (Å²) in [5.74, 6) is -4.12. The average Bonchev–Trinajstić information content (AvgIpc) is 3.44. The molecule has 41 heavy (non-hydrogen) atoms. The third-order valence-electron chi connectivity index (χ3n) is 6.92. The Morgan fingerprint density at radius 2 is 1.59 bits per heavy atom. The van der Waals surface area contributed by atoms with Crippen LogP contribution >= 0.6 is 0 Å². The molecule has 11 heteroatoms. The fourth-order valence-corrected chi connectivity index (χ4v) is 4.82. The van der Waals surface area contributed by atoms with Gasteiger partial charge in [0.15, 0.2) is 11.6 Å². The molecule has 3 aromatic carbocycles. The van der Waals surface area contributed by atoms with Crippen molar-refractivity contribution in [1.82, 2.24) is 10.2 Å². The zero-order valence-corrected chi connectivity index (χ0v) is 22.2. The van der Waals surface area contributed by atoms with Crippen molar-refractivity contribution in [3.05, 3.63) is 95.3 Å². The molecule has 1 aliphatic rings. The molecule has 5 N–H and O–H groups in total. The van der Waals surface area contributed by atoms with E-state index in [-0.39, 0.29) is 24.8 Å². The molecular formula is C30H31F3N4O4. The molecule has 0 spiro atoms. The number of primary amides is 1. The summed E-state index contributed by atoms with van der Waals surface area (Å²) in [7, 11) is 0. The lowest BCUT2D eigenvalue weighted by Crippen LogP contribution is -2.50. The summed E-state index contributed by atoms with van der Waals surface area (Å²) in [6, 6.07) is 14.5. The molecule has 1 aliphatic heterocycles. The molecule has 0 radical (unpaired) electrons. The van der Waals surface area contributed by atoms with Crippen LogP contribution in [0.4, 0.5) is 13.2 Å². The number of hydrogen-bond acceptors (Lipinski definition) is 5. The number of hydrogen-bond donors (Lipinski definition) is 3. The molecule has 3 amide bonds. The van der Waals surface area contributed by atoms with E-state index < -0.39 is 53.3 Å². The minimum absolute atomic E-state index is 0.146. The molecule has 216 valence electrons. The van der Waals surface area contributed by atoms with Crippen LogP contribution in [-0.4, -0.2) is 47.3 Å². The van der Waals surface area contributed by atoms with Gasteiger partial charge in [-0.2, -0.15) is 0 Å². The van der Waals surface area contributed by atoms with Crippen molar-refractivity contribution in [2.75, 3.05) is 6.54 Å². The second-order valence-electron chi connectivity index (χ2n) is 9.99. The van der Waals surface area contributed by atoms with Crippen LogP contribution in [0.1, 0.15) is 30.4 Å². The molecule has 1 fully saturated rings. The first-order valence-electron chi connectivity index (χ1n) is 13.2. The van der Waals surface area contributed by atoms with Crippen molar-refractivity contribution in [2.24, 2.45) is 11.5 Å². The van der Waals surface area contributed by atoms with Crippen LogP contribution in [0.15, 0.2) is 66.7 Å². The number of ether oxygens (including phenoxy) is 1. The van der Waals surface area contributed by atoms with Gasteiger partial charge in [0.1, 0.15) is 23.4 Å². The van der Waals surface area contributed by atoms with E-state index in [1.165, 1.54) is 4.90 Å². The molecule has 3 aromatic rings. The van der Waals surface area contributed by atoms with Crippen LogP contribution in [0.3, 0.4) is 0 Å². The summed E-state index contributed by atoms with van der Waals surface area (Å²) < 4.78 is 47.5. The van der Waals surface area contributed by atoms with Crippen molar-refractivity contribution in [3.63, 3.8) is 0 Å². The molecule has 1 saturated heterocycles. The standard InChI is InChI=1S/C30H31F3N4O4/c31-23-17-25(33)24(32)15-19(23)14-20(16-28(38)37-12-4-7-27(37)29(35)39)36-30(40)26(34)13-18-8-10-22(11-9-18)41-21-5-2-1-3-6-21/h1-3,5-6,8-11,15,17,20,26-27H,4,7,12-14,16,34H2,(H2,35,39)(H,36,40)/t20-,26?,27?/m1/s1. The lowest BCUT2D eigenvalue weighted by molar-refractivity contribution is -0.138. The summed E-state index contributed by atoms with van der Waals surface area (Å²) in [6.45, 7) is 0.302. The Labute approximate surface area is 235 Å². The van der Waals surface area contributed by atoms with Crippen LogP contribution in [0.2, 0.25) is 0 Å². The number of amides is 3. The van der Waals surface area contributed by atoms with Gasteiger partial charge >= 0.3 is 0 Å². The average molecular weight is 569 g/mol. The van der Waals surface area contributed by atoms with E-state index in [4.69, 9.17) is 16.2 Å². The smallest absolute Gasteiger partial charge is 0.240 e. The molecule has 2 unspecified atom stereocenters. The second-order valence-corrected chi connectivity index (χ2v) is 9.99. The summed E-state index contributed by atoms with van der Waals surface area (Å²) in [5.41, 5.74) is 12.1. The largest absolute Gasteiger partial charge is 0.457 e. The van der Waals surface area contributed by atoms with Crippen LogP contribution in [-0.2, 0) is 27.2 Å². The number of likely N-dealkylation sites (tertiary alicyclic amines) is 1. The maximum atomic E-state index is 14.4. The van der Waals surface area contributed by atoms with Gasteiger partial charge in [0.05, 0.1) is 6.04 Å². The first kappa shape index (κ1) is 29.6. The Kier molecular flexibility index (Phi) is 9.61. The van der Waals surface area contributed by atoms with E-state index in [0.717, 1.165) is 5.56 Å². The van der Waals surface area contributed by atoms with Gasteiger partial charge in [-0.15, -0.1) is 0 Å². The summed E-state index contributed by atoms with van der Waals surface area (Å²) in [4.78, 5) is 39.2. The lowest BCUT2D eigenvalue weighted by Gasteiger charge is -2.26. The monoisotopic (exact) mass is 568 g/mol. The van der Waals surface area contributed by atoms with Crippen molar-refractivity contribution in [1.29, 1.82) is 0 Å². The second kappa shape index (κ2) is 13.3. The van der Waals surface area contributed by atoms with E-state index >= 15 is 0 Å². The number of halogens is 3. The van der Waals surface area contributed by atoms with E-state index in [1.807, 2.05) is 30.3 Å². The number of benzene rings is 3. The normalized spacial score (nSPS) is 16.2. The molecule has 1 heterocycles. The zero-order valence-electron chi connectivity index (χ0n) is 22.2. The molecule has 4 rings (SSSR count). The van der Waals surface area contributed by atoms with Gasteiger partial charge in [-0.25, -0.2) is 13.2 Å². The van der Waals surface area contributed by atoms with Crippen LogP contribution in [0.25, 0.3) is 0 Å². The quantitative estimate of drug-likeness (QED) is 0.306. The predicted molar refractivity (Wildman–Crippen MR) is 145 cm³/mol. The first-order valence-corrected chi connectivity index (χ1v) is 13.2. The number of nitrogens with zero attached hydrogens (tertiary/aromatic N) is 1. The third kappa shape index (κ3) is 7.85. The van der Waals surface area contributed by atoms with Gasteiger partial charge in [0, 0.05) is 25.1 Å². The van der Waals surface area contributed by atoms with Crippen molar-refractivity contribution in [3.8, 4) is 11.5 Å². The van der Waals surface area contributed by atoms with Crippen LogP contribution < -0.4 is 21.5 Å². The van der Waals surface area contributed by atoms with Gasteiger partial charge in [-0.05, 0) is 67.1 Å². The zero-order chi connectivity index (χ0) is 29.5.